The third-order valence-electron chi connectivity index (χ3n) is 4.14. The molecule has 5 nitrogen and oxygen atoms in total. The summed E-state index contributed by atoms with van der Waals surface area (Å²) in [6, 6.07) is 0. The first-order chi connectivity index (χ1) is 9.33. The maximum absolute atomic E-state index is 12.4. The van der Waals surface area contributed by atoms with Crippen LogP contribution < -0.4 is 0 Å². The largest absolute Gasteiger partial charge is 0.501 e. The van der Waals surface area contributed by atoms with Crippen LogP contribution in [-0.2, 0) is 23.8 Å². The second-order valence-electron chi connectivity index (χ2n) is 5.24. The normalized spacial score (nSPS) is 25.6. The summed E-state index contributed by atoms with van der Waals surface area (Å²) < 4.78 is 16.1. The first kappa shape index (κ1) is 16.7. The van der Waals surface area contributed by atoms with Crippen LogP contribution in [0.25, 0.3) is 0 Å². The molecule has 0 aromatic carbocycles. The summed E-state index contributed by atoms with van der Waals surface area (Å²) in [6.07, 6.45) is 0.323. The van der Waals surface area contributed by atoms with E-state index in [0.717, 1.165) is 0 Å². The van der Waals surface area contributed by atoms with Crippen molar-refractivity contribution in [3.05, 3.63) is 11.3 Å². The Bertz CT molecular complexity index is 426. The van der Waals surface area contributed by atoms with E-state index >= 15 is 0 Å². The molecule has 0 bridgehead atoms. The highest BCUT2D eigenvalue weighted by atomic mass is 16.6. The topological polar surface area (TPSA) is 61.8 Å². The molecule has 0 radical (unpaired) electrons. The number of carbonyl (C=O) groups excluding carboxylic acids is 2. The van der Waals surface area contributed by atoms with Gasteiger partial charge in [-0.15, -0.1) is 0 Å². The molecule has 2 unspecified atom stereocenters. The molecule has 0 fully saturated rings. The van der Waals surface area contributed by atoms with Gasteiger partial charge in [-0.05, 0) is 20.3 Å². The lowest BCUT2D eigenvalue weighted by Gasteiger charge is -2.32. The first-order valence-corrected chi connectivity index (χ1v) is 6.88. The predicted molar refractivity (Wildman–Crippen MR) is 74.1 cm³/mol. The molecular weight excluding hydrogens is 260 g/mol. The highest BCUT2D eigenvalue weighted by molar-refractivity contribution is 6.05. The van der Waals surface area contributed by atoms with Crippen LogP contribution in [-0.4, -0.2) is 37.7 Å². The maximum Gasteiger partial charge on any atom is 0.309 e. The second-order valence-corrected chi connectivity index (χ2v) is 5.24. The van der Waals surface area contributed by atoms with Crippen LogP contribution in [0.2, 0.25) is 0 Å². The smallest absolute Gasteiger partial charge is 0.309 e. The maximum atomic E-state index is 12.4. The SMILES string of the molecule is CCC(C)C(=O)OC(C)[C@@]1(OC)CC(OC)=C(C)C1=O. The Labute approximate surface area is 120 Å². The minimum absolute atomic E-state index is 0.179. The van der Waals surface area contributed by atoms with E-state index in [2.05, 4.69) is 0 Å². The fraction of sp³-hybridized carbons (Fsp3) is 0.733. The third kappa shape index (κ3) is 2.73. The van der Waals surface area contributed by atoms with Crippen molar-refractivity contribution >= 4 is 11.8 Å². The molecule has 1 rings (SSSR count). The first-order valence-electron chi connectivity index (χ1n) is 6.88. The molecular formula is C15H24O5. The van der Waals surface area contributed by atoms with Gasteiger partial charge in [-0.2, -0.15) is 0 Å². The van der Waals surface area contributed by atoms with E-state index < -0.39 is 11.7 Å². The summed E-state index contributed by atoms with van der Waals surface area (Å²) in [5.74, 6) is -0.101. The van der Waals surface area contributed by atoms with Crippen molar-refractivity contribution in [3.63, 3.8) is 0 Å². The zero-order valence-electron chi connectivity index (χ0n) is 13.1. The standard InChI is InChI=1S/C15H24O5/c1-7-9(2)14(17)20-11(4)15(19-6)8-12(18-5)10(3)13(15)16/h9,11H,7-8H2,1-6H3/t9?,11?,15-/m0/s1. The van der Waals surface area contributed by atoms with E-state index in [1.807, 2.05) is 6.92 Å². The highest BCUT2D eigenvalue weighted by Gasteiger charge is 2.52. The van der Waals surface area contributed by atoms with Crippen LogP contribution in [0.15, 0.2) is 11.3 Å². The minimum atomic E-state index is -1.17. The molecule has 0 amide bonds. The van der Waals surface area contributed by atoms with Crippen LogP contribution in [0.3, 0.4) is 0 Å². The fourth-order valence-corrected chi connectivity index (χ4v) is 2.33. The molecule has 20 heavy (non-hydrogen) atoms. The zero-order valence-corrected chi connectivity index (χ0v) is 13.1. The number of rotatable bonds is 6. The van der Waals surface area contributed by atoms with Crippen LogP contribution in [0.4, 0.5) is 0 Å². The summed E-state index contributed by atoms with van der Waals surface area (Å²) >= 11 is 0. The van der Waals surface area contributed by atoms with Gasteiger partial charge in [0, 0.05) is 19.1 Å². The molecule has 0 N–H and O–H groups in total. The van der Waals surface area contributed by atoms with Crippen molar-refractivity contribution in [2.24, 2.45) is 5.92 Å². The average Bonchev–Trinajstić information content (AvgIpc) is 2.71. The van der Waals surface area contributed by atoms with Crippen LogP contribution in [0, 0.1) is 5.92 Å². The molecule has 0 aliphatic heterocycles. The Morgan fingerprint density at radius 1 is 1.35 bits per heavy atom. The lowest BCUT2D eigenvalue weighted by molar-refractivity contribution is -0.174. The van der Waals surface area contributed by atoms with Gasteiger partial charge in [0.1, 0.15) is 11.9 Å². The molecule has 0 heterocycles. The molecule has 3 atom stereocenters. The summed E-state index contributed by atoms with van der Waals surface area (Å²) in [4.78, 5) is 24.3. The van der Waals surface area contributed by atoms with Crippen molar-refractivity contribution in [1.29, 1.82) is 0 Å². The number of ketones is 1. The van der Waals surface area contributed by atoms with Crippen molar-refractivity contribution in [3.8, 4) is 0 Å². The number of hydrogen-bond acceptors (Lipinski definition) is 5. The van der Waals surface area contributed by atoms with Gasteiger partial charge in [-0.3, -0.25) is 9.59 Å². The summed E-state index contributed by atoms with van der Waals surface area (Å²) in [5, 5.41) is 0. The minimum Gasteiger partial charge on any atom is -0.501 e. The summed E-state index contributed by atoms with van der Waals surface area (Å²) in [6.45, 7) is 7.10. The van der Waals surface area contributed by atoms with E-state index in [1.54, 1.807) is 20.8 Å². The van der Waals surface area contributed by atoms with Crippen molar-refractivity contribution in [2.45, 2.75) is 52.2 Å². The summed E-state index contributed by atoms with van der Waals surface area (Å²) in [5.41, 5.74) is -0.640. The molecule has 0 aromatic rings. The molecule has 0 saturated carbocycles. The third-order valence-corrected chi connectivity index (χ3v) is 4.14. The Morgan fingerprint density at radius 3 is 2.35 bits per heavy atom. The lowest BCUT2D eigenvalue weighted by Crippen LogP contribution is -2.50. The van der Waals surface area contributed by atoms with Gasteiger partial charge in [0.15, 0.2) is 11.4 Å². The fourth-order valence-electron chi connectivity index (χ4n) is 2.33. The van der Waals surface area contributed by atoms with E-state index in [0.29, 0.717) is 24.2 Å². The van der Waals surface area contributed by atoms with E-state index in [-0.39, 0.29) is 17.7 Å². The zero-order chi connectivity index (χ0) is 15.5. The Morgan fingerprint density at radius 2 is 1.95 bits per heavy atom. The molecule has 0 aromatic heterocycles. The summed E-state index contributed by atoms with van der Waals surface area (Å²) in [7, 11) is 2.98. The van der Waals surface area contributed by atoms with Gasteiger partial charge >= 0.3 is 5.97 Å². The molecule has 114 valence electrons. The Kier molecular flexibility index (Phi) is 5.34. The molecule has 0 saturated heterocycles. The van der Waals surface area contributed by atoms with Crippen molar-refractivity contribution in [1.82, 2.24) is 0 Å². The second kappa shape index (κ2) is 6.39. The van der Waals surface area contributed by atoms with Crippen molar-refractivity contribution in [2.75, 3.05) is 14.2 Å². The number of Topliss-reactive ketones (excluding diaryl/α,β-unsaturated/α-hetero) is 1. The van der Waals surface area contributed by atoms with Gasteiger partial charge in [-0.25, -0.2) is 0 Å². The average molecular weight is 284 g/mol. The van der Waals surface area contributed by atoms with Crippen LogP contribution in [0.5, 0.6) is 0 Å². The highest BCUT2D eigenvalue weighted by Crippen LogP contribution is 2.38. The number of methoxy groups -OCH3 is 2. The van der Waals surface area contributed by atoms with E-state index in [4.69, 9.17) is 14.2 Å². The number of carbonyl (C=O) groups is 2. The van der Waals surface area contributed by atoms with Crippen LogP contribution >= 0.6 is 0 Å². The Hall–Kier alpha value is -1.36. The number of ether oxygens (including phenoxy) is 3. The van der Waals surface area contributed by atoms with E-state index in [1.165, 1.54) is 14.2 Å². The van der Waals surface area contributed by atoms with E-state index in [9.17, 15) is 9.59 Å². The molecule has 1 aliphatic carbocycles. The monoisotopic (exact) mass is 284 g/mol. The molecule has 5 heteroatoms. The van der Waals surface area contributed by atoms with Gasteiger partial charge in [0.05, 0.1) is 13.0 Å². The van der Waals surface area contributed by atoms with Crippen molar-refractivity contribution < 1.29 is 23.8 Å². The quantitative estimate of drug-likeness (QED) is 0.700. The molecule has 0 spiro atoms. The van der Waals surface area contributed by atoms with Gasteiger partial charge in [0.2, 0.25) is 0 Å². The van der Waals surface area contributed by atoms with Gasteiger partial charge < -0.3 is 14.2 Å². The Balaban J connectivity index is 2.92. The number of hydrogen-bond donors (Lipinski definition) is 0. The predicted octanol–water partition coefficient (Wildman–Crippen LogP) is 2.24. The van der Waals surface area contributed by atoms with Crippen LogP contribution in [0.1, 0.15) is 40.5 Å². The lowest BCUT2D eigenvalue weighted by atomic mass is 9.91. The molecule has 1 aliphatic rings. The van der Waals surface area contributed by atoms with Gasteiger partial charge in [0.25, 0.3) is 0 Å². The van der Waals surface area contributed by atoms with Gasteiger partial charge in [-0.1, -0.05) is 13.8 Å². The number of esters is 1.